The molecule has 0 bridgehead atoms. The van der Waals surface area contributed by atoms with E-state index in [1.165, 1.54) is 16.9 Å². The van der Waals surface area contributed by atoms with Crippen LogP contribution in [0.5, 0.6) is 0 Å². The lowest BCUT2D eigenvalue weighted by atomic mass is 10.1. The van der Waals surface area contributed by atoms with E-state index in [0.717, 1.165) is 6.54 Å². The third-order valence-corrected chi connectivity index (χ3v) is 3.96. The van der Waals surface area contributed by atoms with Crippen LogP contribution < -0.4 is 0 Å². The molecular formula is C12H12N2S. The van der Waals surface area contributed by atoms with Crippen LogP contribution in [0.15, 0.2) is 47.6 Å². The Bertz CT molecular complexity index is 423. The molecule has 1 aliphatic rings. The average molecular weight is 216 g/mol. The minimum Gasteiger partial charge on any atom is -0.272 e. The summed E-state index contributed by atoms with van der Waals surface area (Å²) in [6.45, 7) is 1.01. The molecule has 1 aliphatic heterocycles. The Morgan fingerprint density at radius 1 is 1.33 bits per heavy atom. The molecule has 1 aromatic heterocycles. The molecule has 0 saturated carbocycles. The van der Waals surface area contributed by atoms with Crippen molar-refractivity contribution in [3.63, 3.8) is 0 Å². The van der Waals surface area contributed by atoms with Gasteiger partial charge in [-0.2, -0.15) is 5.10 Å². The molecule has 0 N–H and O–H groups in total. The first-order valence-electron chi connectivity index (χ1n) is 5.14. The van der Waals surface area contributed by atoms with Crippen molar-refractivity contribution < 1.29 is 0 Å². The molecule has 15 heavy (non-hydrogen) atoms. The van der Waals surface area contributed by atoms with Crippen molar-refractivity contribution in [2.24, 2.45) is 0 Å². The summed E-state index contributed by atoms with van der Waals surface area (Å²) in [5.74, 6) is 0. The minimum absolute atomic E-state index is 0.641. The summed E-state index contributed by atoms with van der Waals surface area (Å²) in [6.07, 6.45) is 5.04. The predicted molar refractivity (Wildman–Crippen MR) is 62.0 cm³/mol. The highest BCUT2D eigenvalue weighted by Gasteiger charge is 2.21. The Morgan fingerprint density at radius 2 is 2.27 bits per heavy atom. The van der Waals surface area contributed by atoms with Crippen molar-refractivity contribution in [2.75, 3.05) is 0 Å². The van der Waals surface area contributed by atoms with Crippen molar-refractivity contribution in [1.29, 1.82) is 0 Å². The Hall–Kier alpha value is -1.22. The number of fused-ring (bicyclic) bond motifs is 1. The van der Waals surface area contributed by atoms with E-state index < -0.39 is 0 Å². The molecule has 0 saturated heterocycles. The van der Waals surface area contributed by atoms with Crippen LogP contribution in [0, 0.1) is 0 Å². The number of hydrogen-bond donors (Lipinski definition) is 0. The van der Waals surface area contributed by atoms with Gasteiger partial charge in [0.1, 0.15) is 0 Å². The lowest BCUT2D eigenvalue weighted by Crippen LogP contribution is -2.12. The fourth-order valence-electron chi connectivity index (χ4n) is 1.97. The molecule has 3 heteroatoms. The van der Waals surface area contributed by atoms with E-state index in [2.05, 4.69) is 29.4 Å². The molecule has 1 unspecified atom stereocenters. The second kappa shape index (κ2) is 3.74. The van der Waals surface area contributed by atoms with Crippen LogP contribution in [0.4, 0.5) is 0 Å². The maximum absolute atomic E-state index is 4.25. The molecule has 3 rings (SSSR count). The first-order valence-corrected chi connectivity index (χ1v) is 6.02. The van der Waals surface area contributed by atoms with Gasteiger partial charge in [0.15, 0.2) is 0 Å². The topological polar surface area (TPSA) is 17.8 Å². The number of nitrogens with zero attached hydrogens (tertiary/aromatic N) is 2. The van der Waals surface area contributed by atoms with E-state index >= 15 is 0 Å². The van der Waals surface area contributed by atoms with Gasteiger partial charge in [-0.05, 0) is 24.1 Å². The summed E-state index contributed by atoms with van der Waals surface area (Å²) in [4.78, 5) is 1.44. The molecule has 1 aromatic carbocycles. The first kappa shape index (κ1) is 9.04. The Kier molecular flexibility index (Phi) is 2.25. The van der Waals surface area contributed by atoms with Crippen LogP contribution in [0.3, 0.4) is 0 Å². The van der Waals surface area contributed by atoms with E-state index in [1.807, 2.05) is 34.9 Å². The average Bonchev–Trinajstić information content (AvgIpc) is 2.86. The van der Waals surface area contributed by atoms with Crippen molar-refractivity contribution in [2.45, 2.75) is 23.1 Å². The monoisotopic (exact) mass is 216 g/mol. The highest BCUT2D eigenvalue weighted by Crippen LogP contribution is 2.37. The van der Waals surface area contributed by atoms with Crippen LogP contribution in [-0.2, 0) is 13.0 Å². The van der Waals surface area contributed by atoms with E-state index in [0.29, 0.717) is 5.25 Å². The van der Waals surface area contributed by atoms with Crippen molar-refractivity contribution in [3.05, 3.63) is 48.3 Å². The van der Waals surface area contributed by atoms with Crippen molar-refractivity contribution >= 4 is 11.8 Å². The van der Waals surface area contributed by atoms with Gasteiger partial charge in [0.25, 0.3) is 0 Å². The number of thioether (sulfide) groups is 1. The van der Waals surface area contributed by atoms with Crippen LogP contribution in [-0.4, -0.2) is 15.0 Å². The zero-order valence-corrected chi connectivity index (χ0v) is 9.15. The maximum Gasteiger partial charge on any atom is 0.0534 e. The van der Waals surface area contributed by atoms with Crippen LogP contribution in [0.25, 0.3) is 0 Å². The van der Waals surface area contributed by atoms with Crippen molar-refractivity contribution in [3.8, 4) is 0 Å². The standard InChI is InChI=1S/C12H12N2S/c1-2-5-12-10(4-1)8-11(15-12)9-14-7-3-6-13-14/h1-7,11H,8-9H2. The van der Waals surface area contributed by atoms with Gasteiger partial charge in [0, 0.05) is 22.5 Å². The first-order chi connectivity index (χ1) is 7.42. The summed E-state index contributed by atoms with van der Waals surface area (Å²) >= 11 is 1.97. The molecule has 0 spiro atoms. The zero-order valence-electron chi connectivity index (χ0n) is 8.34. The molecule has 1 atom stereocenters. The third-order valence-electron chi connectivity index (χ3n) is 2.66. The Morgan fingerprint density at radius 3 is 3.07 bits per heavy atom. The van der Waals surface area contributed by atoms with Crippen LogP contribution in [0.2, 0.25) is 0 Å². The fourth-order valence-corrected chi connectivity index (χ4v) is 3.28. The predicted octanol–water partition coefficient (Wildman–Crippen LogP) is 2.60. The summed E-state index contributed by atoms with van der Waals surface area (Å²) in [7, 11) is 0. The SMILES string of the molecule is c1ccc2c(c1)CC(Cn1cccn1)S2. The van der Waals surface area contributed by atoms with Gasteiger partial charge >= 0.3 is 0 Å². The van der Waals surface area contributed by atoms with E-state index in [-0.39, 0.29) is 0 Å². The molecule has 0 fully saturated rings. The molecule has 0 radical (unpaired) electrons. The third kappa shape index (κ3) is 1.79. The molecule has 76 valence electrons. The molecule has 0 aliphatic carbocycles. The number of rotatable bonds is 2. The van der Waals surface area contributed by atoms with E-state index in [4.69, 9.17) is 0 Å². The Labute approximate surface area is 93.3 Å². The van der Waals surface area contributed by atoms with Crippen molar-refractivity contribution in [1.82, 2.24) is 9.78 Å². The highest BCUT2D eigenvalue weighted by molar-refractivity contribution is 8.00. The van der Waals surface area contributed by atoms with Gasteiger partial charge in [-0.3, -0.25) is 4.68 Å². The summed E-state index contributed by atoms with van der Waals surface area (Å²) in [5, 5.41) is 4.89. The Balaban J connectivity index is 1.74. The van der Waals surface area contributed by atoms with Gasteiger partial charge in [-0.1, -0.05) is 18.2 Å². The quantitative estimate of drug-likeness (QED) is 0.768. The van der Waals surface area contributed by atoms with Gasteiger partial charge < -0.3 is 0 Å². The summed E-state index contributed by atoms with van der Waals surface area (Å²) < 4.78 is 2.02. The second-order valence-electron chi connectivity index (χ2n) is 3.78. The lowest BCUT2D eigenvalue weighted by Gasteiger charge is -2.07. The second-order valence-corrected chi connectivity index (χ2v) is 5.12. The minimum atomic E-state index is 0.641. The molecule has 2 nitrogen and oxygen atoms in total. The normalized spacial score (nSPS) is 19.1. The van der Waals surface area contributed by atoms with Crippen LogP contribution >= 0.6 is 11.8 Å². The fraction of sp³-hybridized carbons (Fsp3) is 0.250. The largest absolute Gasteiger partial charge is 0.272 e. The molecule has 2 aromatic rings. The van der Waals surface area contributed by atoms with E-state index in [1.54, 1.807) is 0 Å². The van der Waals surface area contributed by atoms with Crippen LogP contribution in [0.1, 0.15) is 5.56 Å². The highest BCUT2D eigenvalue weighted by atomic mass is 32.2. The number of aromatic nitrogens is 2. The molecule has 2 heterocycles. The molecular weight excluding hydrogens is 204 g/mol. The van der Waals surface area contributed by atoms with Gasteiger partial charge in [0.05, 0.1) is 6.54 Å². The summed E-state index contributed by atoms with van der Waals surface area (Å²) in [5.41, 5.74) is 1.49. The zero-order chi connectivity index (χ0) is 10.1. The van der Waals surface area contributed by atoms with Gasteiger partial charge in [0.2, 0.25) is 0 Å². The number of hydrogen-bond acceptors (Lipinski definition) is 2. The van der Waals surface area contributed by atoms with Gasteiger partial charge in [-0.25, -0.2) is 0 Å². The maximum atomic E-state index is 4.25. The van der Waals surface area contributed by atoms with Gasteiger partial charge in [-0.15, -0.1) is 11.8 Å². The summed E-state index contributed by atoms with van der Waals surface area (Å²) in [6, 6.07) is 10.7. The number of benzene rings is 1. The lowest BCUT2D eigenvalue weighted by molar-refractivity contribution is 0.595. The smallest absolute Gasteiger partial charge is 0.0534 e. The van der Waals surface area contributed by atoms with E-state index in [9.17, 15) is 0 Å². The molecule has 0 amide bonds.